The fourth-order valence-electron chi connectivity index (χ4n) is 4.44. The zero-order valence-corrected chi connectivity index (χ0v) is 23.0. The maximum Gasteiger partial charge on any atom is 0.268 e. The van der Waals surface area contributed by atoms with Gasteiger partial charge in [0.15, 0.2) is 0 Å². The van der Waals surface area contributed by atoms with Gasteiger partial charge in [0.05, 0.1) is 18.3 Å². The van der Waals surface area contributed by atoms with Crippen LogP contribution >= 0.6 is 0 Å². The van der Waals surface area contributed by atoms with Gasteiger partial charge >= 0.3 is 0 Å². The number of amides is 3. The fraction of sp³-hybridized carbons (Fsp3) is 0.258. The molecule has 3 amide bonds. The summed E-state index contributed by atoms with van der Waals surface area (Å²) in [7, 11) is 0. The van der Waals surface area contributed by atoms with Crippen molar-refractivity contribution in [3.8, 4) is 11.8 Å². The summed E-state index contributed by atoms with van der Waals surface area (Å²) in [5.74, 6) is 4.15. The molecule has 1 saturated heterocycles. The number of piperazine rings is 1. The van der Waals surface area contributed by atoms with Crippen molar-refractivity contribution in [3.05, 3.63) is 95.3 Å². The molecular weight excluding hydrogens is 541 g/mol. The maximum atomic E-state index is 14.0. The zero-order chi connectivity index (χ0) is 30.1. The van der Waals surface area contributed by atoms with Gasteiger partial charge in [-0.3, -0.25) is 24.5 Å². The van der Waals surface area contributed by atoms with Crippen molar-refractivity contribution in [2.75, 3.05) is 42.9 Å². The van der Waals surface area contributed by atoms with Gasteiger partial charge in [0.1, 0.15) is 11.9 Å². The van der Waals surface area contributed by atoms with Crippen LogP contribution in [0.4, 0.5) is 15.8 Å². The average molecular weight is 574 g/mol. The Morgan fingerprint density at radius 3 is 2.07 bits per heavy atom. The van der Waals surface area contributed by atoms with E-state index in [1.807, 2.05) is 15.9 Å². The average Bonchev–Trinajstić information content (AvgIpc) is 3.00. The van der Waals surface area contributed by atoms with Crippen molar-refractivity contribution in [2.24, 2.45) is 0 Å². The second-order valence-electron chi connectivity index (χ2n) is 9.84. The minimum atomic E-state index is -1.31. The van der Waals surface area contributed by atoms with Crippen LogP contribution in [0, 0.1) is 17.7 Å². The molecule has 1 heterocycles. The Bertz CT molecular complexity index is 1460. The third-order valence-electron chi connectivity index (χ3n) is 6.76. The van der Waals surface area contributed by atoms with Crippen LogP contribution in [0.25, 0.3) is 0 Å². The number of aliphatic hydroxyl groups excluding tert-OH is 1. The van der Waals surface area contributed by atoms with Crippen molar-refractivity contribution in [1.29, 1.82) is 0 Å². The lowest BCUT2D eigenvalue weighted by Gasteiger charge is -2.35. The van der Waals surface area contributed by atoms with Gasteiger partial charge in [-0.1, -0.05) is 24.0 Å². The summed E-state index contributed by atoms with van der Waals surface area (Å²) < 4.78 is 14.0. The van der Waals surface area contributed by atoms with E-state index in [2.05, 4.69) is 22.5 Å². The van der Waals surface area contributed by atoms with E-state index >= 15 is 0 Å². The van der Waals surface area contributed by atoms with E-state index in [0.717, 1.165) is 5.56 Å². The second-order valence-corrected chi connectivity index (χ2v) is 9.84. The molecule has 0 aliphatic carbocycles. The summed E-state index contributed by atoms with van der Waals surface area (Å²) in [4.78, 5) is 40.6. The van der Waals surface area contributed by atoms with Gasteiger partial charge in [-0.25, -0.2) is 9.87 Å². The number of benzene rings is 3. The van der Waals surface area contributed by atoms with Gasteiger partial charge in [-0.15, -0.1) is 0 Å². The SMILES string of the molecule is CC(O)C(NC(=O)c1ccc(C#Cc2ccc(NC(=O)CN3CCN(c4ccccc4F)CC3)cc2)cc1)C(=O)NO. The highest BCUT2D eigenvalue weighted by atomic mass is 19.1. The van der Waals surface area contributed by atoms with E-state index < -0.39 is 24.0 Å². The monoisotopic (exact) mass is 573 g/mol. The van der Waals surface area contributed by atoms with Crippen molar-refractivity contribution in [3.63, 3.8) is 0 Å². The lowest BCUT2D eigenvalue weighted by Crippen LogP contribution is -2.51. The lowest BCUT2D eigenvalue weighted by atomic mass is 10.1. The minimum Gasteiger partial charge on any atom is -0.391 e. The largest absolute Gasteiger partial charge is 0.391 e. The minimum absolute atomic E-state index is 0.131. The highest BCUT2D eigenvalue weighted by molar-refractivity contribution is 5.97. The number of halogens is 1. The number of anilines is 2. The molecule has 4 rings (SSSR count). The van der Waals surface area contributed by atoms with E-state index in [0.29, 0.717) is 43.1 Å². The van der Waals surface area contributed by atoms with E-state index in [4.69, 9.17) is 5.21 Å². The number of carbonyl (C=O) groups is 3. The number of aliphatic hydroxyl groups is 1. The van der Waals surface area contributed by atoms with Crippen LogP contribution in [0.1, 0.15) is 28.4 Å². The number of carbonyl (C=O) groups excluding carboxylic acids is 3. The summed E-state index contributed by atoms with van der Waals surface area (Å²) in [5.41, 5.74) is 4.29. The molecule has 0 aromatic heterocycles. The van der Waals surface area contributed by atoms with Crippen LogP contribution in [0.5, 0.6) is 0 Å². The zero-order valence-electron chi connectivity index (χ0n) is 23.0. The third kappa shape index (κ3) is 8.14. The van der Waals surface area contributed by atoms with E-state index in [1.165, 1.54) is 30.6 Å². The first kappa shape index (κ1) is 30.2. The Kier molecular flexibility index (Phi) is 10.2. The number of hydrogen-bond acceptors (Lipinski definition) is 7. The van der Waals surface area contributed by atoms with Gasteiger partial charge in [0, 0.05) is 48.6 Å². The van der Waals surface area contributed by atoms with Crippen LogP contribution in [0.3, 0.4) is 0 Å². The predicted molar refractivity (Wildman–Crippen MR) is 155 cm³/mol. The van der Waals surface area contributed by atoms with Gasteiger partial charge in [-0.05, 0) is 67.6 Å². The summed E-state index contributed by atoms with van der Waals surface area (Å²) in [5, 5.41) is 23.7. The third-order valence-corrected chi connectivity index (χ3v) is 6.76. The lowest BCUT2D eigenvalue weighted by molar-refractivity contribution is -0.133. The van der Waals surface area contributed by atoms with Gasteiger partial charge in [0.25, 0.3) is 11.8 Å². The number of hydrogen-bond donors (Lipinski definition) is 5. The molecule has 218 valence electrons. The first-order valence-corrected chi connectivity index (χ1v) is 13.4. The van der Waals surface area contributed by atoms with E-state index in [9.17, 15) is 23.9 Å². The standard InChI is InChI=1S/C31H32FN5O5/c1-21(38)29(31(41)35-42)34-30(40)24-12-8-22(9-13-24)6-7-23-10-14-25(15-11-23)33-28(39)20-36-16-18-37(19-17-36)27-5-3-2-4-26(27)32/h2-5,8-15,21,29,38,42H,16-20H2,1H3,(H,33,39)(H,34,40)(H,35,41). The first-order chi connectivity index (χ1) is 20.2. The first-order valence-electron chi connectivity index (χ1n) is 13.4. The second kappa shape index (κ2) is 14.2. The Morgan fingerprint density at radius 2 is 1.50 bits per heavy atom. The van der Waals surface area contributed by atoms with Gasteiger partial charge < -0.3 is 20.6 Å². The van der Waals surface area contributed by atoms with Crippen LogP contribution in [-0.2, 0) is 9.59 Å². The molecule has 10 nitrogen and oxygen atoms in total. The molecule has 2 unspecified atom stereocenters. The highest BCUT2D eigenvalue weighted by Gasteiger charge is 2.26. The van der Waals surface area contributed by atoms with Crippen LogP contribution in [0.15, 0.2) is 72.8 Å². The molecule has 0 spiro atoms. The van der Waals surface area contributed by atoms with Crippen molar-refractivity contribution in [1.82, 2.24) is 15.7 Å². The number of nitrogens with zero attached hydrogens (tertiary/aromatic N) is 2. The van der Waals surface area contributed by atoms with Crippen LogP contribution in [0.2, 0.25) is 0 Å². The Labute approximate surface area is 243 Å². The van der Waals surface area contributed by atoms with Crippen molar-refractivity contribution in [2.45, 2.75) is 19.1 Å². The maximum absolute atomic E-state index is 14.0. The molecule has 1 fully saturated rings. The molecule has 2 atom stereocenters. The molecule has 3 aromatic rings. The Morgan fingerprint density at radius 1 is 0.905 bits per heavy atom. The number of nitrogens with one attached hydrogen (secondary N) is 3. The molecular formula is C31H32FN5O5. The molecule has 0 bridgehead atoms. The Balaban J connectivity index is 1.25. The van der Waals surface area contributed by atoms with Gasteiger partial charge in [0.2, 0.25) is 5.91 Å². The molecule has 11 heteroatoms. The fourth-order valence-corrected chi connectivity index (χ4v) is 4.44. The molecule has 0 saturated carbocycles. The smallest absolute Gasteiger partial charge is 0.268 e. The van der Waals surface area contributed by atoms with Crippen molar-refractivity contribution < 1.29 is 29.1 Å². The summed E-state index contributed by atoms with van der Waals surface area (Å²) >= 11 is 0. The molecule has 1 aliphatic heterocycles. The normalized spacial score (nSPS) is 14.6. The van der Waals surface area contributed by atoms with Crippen molar-refractivity contribution >= 4 is 29.1 Å². The van der Waals surface area contributed by atoms with E-state index in [-0.39, 0.29) is 23.8 Å². The molecule has 1 aliphatic rings. The van der Waals surface area contributed by atoms with Crippen LogP contribution < -0.4 is 21.0 Å². The van der Waals surface area contributed by atoms with Gasteiger partial charge in [-0.2, -0.15) is 0 Å². The molecule has 42 heavy (non-hydrogen) atoms. The quantitative estimate of drug-likeness (QED) is 0.158. The number of para-hydroxylation sites is 1. The number of hydroxylamine groups is 1. The molecule has 0 radical (unpaired) electrons. The summed E-state index contributed by atoms with van der Waals surface area (Å²) in [6.45, 7) is 4.17. The molecule has 3 aromatic carbocycles. The Hall–Kier alpha value is -4.76. The molecule has 5 N–H and O–H groups in total. The highest BCUT2D eigenvalue weighted by Crippen LogP contribution is 2.20. The topological polar surface area (TPSA) is 134 Å². The predicted octanol–water partition coefficient (Wildman–Crippen LogP) is 1.97. The summed E-state index contributed by atoms with van der Waals surface area (Å²) in [6, 6.07) is 18.9. The van der Waals surface area contributed by atoms with E-state index in [1.54, 1.807) is 48.5 Å². The number of rotatable bonds is 8. The van der Waals surface area contributed by atoms with Crippen LogP contribution in [-0.4, -0.2) is 77.8 Å². The summed E-state index contributed by atoms with van der Waals surface area (Å²) in [6.07, 6.45) is -1.21.